The monoisotopic (exact) mass is 351 g/mol. The average Bonchev–Trinajstić information content (AvgIpc) is 3.01. The summed E-state index contributed by atoms with van der Waals surface area (Å²) in [5, 5.41) is 3.21. The van der Waals surface area contributed by atoms with Gasteiger partial charge in [0, 0.05) is 37.3 Å². The number of amides is 2. The molecular weight excluding hydrogens is 326 g/mol. The first kappa shape index (κ1) is 18.7. The van der Waals surface area contributed by atoms with Crippen molar-refractivity contribution in [2.75, 3.05) is 38.1 Å². The van der Waals surface area contributed by atoms with E-state index < -0.39 is 0 Å². The SMILES string of the molecule is CNCC1CCN(C(=O)c2ccc(N3CCCC3=O)cc2)CC1.Cl. The third kappa shape index (κ3) is 4.08. The Morgan fingerprint density at radius 2 is 1.83 bits per heavy atom. The van der Waals surface area contributed by atoms with Crippen molar-refractivity contribution >= 4 is 29.9 Å². The number of nitrogens with one attached hydrogen (secondary N) is 1. The predicted octanol–water partition coefficient (Wildman–Crippen LogP) is 2.31. The number of piperidine rings is 1. The Kier molecular flexibility index (Phi) is 6.63. The fraction of sp³-hybridized carbons (Fsp3) is 0.556. The van der Waals surface area contributed by atoms with Gasteiger partial charge in [-0.15, -0.1) is 12.4 Å². The van der Waals surface area contributed by atoms with E-state index in [0.29, 0.717) is 17.9 Å². The maximum atomic E-state index is 12.6. The maximum absolute atomic E-state index is 12.6. The number of hydrogen-bond acceptors (Lipinski definition) is 3. The average molecular weight is 352 g/mol. The molecule has 1 aromatic rings. The van der Waals surface area contributed by atoms with Crippen molar-refractivity contribution in [3.63, 3.8) is 0 Å². The van der Waals surface area contributed by atoms with Crippen LogP contribution >= 0.6 is 12.4 Å². The van der Waals surface area contributed by atoms with Gasteiger partial charge in [0.05, 0.1) is 0 Å². The summed E-state index contributed by atoms with van der Waals surface area (Å²) in [6, 6.07) is 7.49. The fourth-order valence-corrected chi connectivity index (χ4v) is 3.52. The summed E-state index contributed by atoms with van der Waals surface area (Å²) in [4.78, 5) is 28.1. The third-order valence-electron chi connectivity index (χ3n) is 4.89. The van der Waals surface area contributed by atoms with Crippen molar-refractivity contribution in [3.8, 4) is 0 Å². The van der Waals surface area contributed by atoms with Gasteiger partial charge in [-0.1, -0.05) is 0 Å². The zero-order valence-electron chi connectivity index (χ0n) is 14.2. The van der Waals surface area contributed by atoms with Crippen molar-refractivity contribution in [1.29, 1.82) is 0 Å². The minimum atomic E-state index is 0. The van der Waals surface area contributed by atoms with Crippen LogP contribution in [0.2, 0.25) is 0 Å². The topological polar surface area (TPSA) is 52.7 Å². The van der Waals surface area contributed by atoms with E-state index in [0.717, 1.165) is 51.1 Å². The molecule has 2 aliphatic rings. The minimum absolute atomic E-state index is 0. The molecular formula is C18H26ClN3O2. The number of halogens is 1. The highest BCUT2D eigenvalue weighted by Gasteiger charge is 2.24. The first-order valence-electron chi connectivity index (χ1n) is 8.53. The molecule has 0 saturated carbocycles. The smallest absolute Gasteiger partial charge is 0.253 e. The summed E-state index contributed by atoms with van der Waals surface area (Å²) in [6.07, 6.45) is 3.67. The van der Waals surface area contributed by atoms with E-state index in [1.54, 1.807) is 4.90 Å². The Bertz CT molecular complexity index is 568. The summed E-state index contributed by atoms with van der Waals surface area (Å²) in [7, 11) is 1.98. The second-order valence-corrected chi connectivity index (χ2v) is 6.49. The van der Waals surface area contributed by atoms with Crippen LogP contribution in [0.3, 0.4) is 0 Å². The van der Waals surface area contributed by atoms with Crippen molar-refractivity contribution < 1.29 is 9.59 Å². The molecule has 1 aromatic carbocycles. The summed E-state index contributed by atoms with van der Waals surface area (Å²) in [5.74, 6) is 0.954. The lowest BCUT2D eigenvalue weighted by molar-refractivity contribution is -0.117. The van der Waals surface area contributed by atoms with E-state index in [9.17, 15) is 9.59 Å². The molecule has 2 heterocycles. The number of anilines is 1. The van der Waals surface area contributed by atoms with E-state index in [4.69, 9.17) is 0 Å². The van der Waals surface area contributed by atoms with Crippen LogP contribution in [0.4, 0.5) is 5.69 Å². The first-order chi connectivity index (χ1) is 11.2. The van der Waals surface area contributed by atoms with E-state index in [2.05, 4.69) is 5.32 Å². The van der Waals surface area contributed by atoms with Crippen LogP contribution in [-0.4, -0.2) is 49.9 Å². The molecule has 2 fully saturated rings. The van der Waals surface area contributed by atoms with E-state index in [1.807, 2.05) is 36.2 Å². The highest BCUT2D eigenvalue weighted by atomic mass is 35.5. The van der Waals surface area contributed by atoms with E-state index >= 15 is 0 Å². The van der Waals surface area contributed by atoms with Gasteiger partial charge in [-0.05, 0) is 63.0 Å². The van der Waals surface area contributed by atoms with Crippen LogP contribution in [0.1, 0.15) is 36.0 Å². The first-order valence-corrected chi connectivity index (χ1v) is 8.53. The molecule has 0 spiro atoms. The normalized spacial score (nSPS) is 18.6. The molecule has 0 aliphatic carbocycles. The molecule has 2 saturated heterocycles. The van der Waals surface area contributed by atoms with Gasteiger partial charge in [-0.3, -0.25) is 9.59 Å². The van der Waals surface area contributed by atoms with Crippen molar-refractivity contribution in [2.45, 2.75) is 25.7 Å². The number of nitrogens with zero attached hydrogens (tertiary/aromatic N) is 2. The molecule has 2 aliphatic heterocycles. The maximum Gasteiger partial charge on any atom is 0.253 e. The number of rotatable bonds is 4. The Labute approximate surface area is 149 Å². The lowest BCUT2D eigenvalue weighted by Crippen LogP contribution is -2.40. The summed E-state index contributed by atoms with van der Waals surface area (Å²) in [6.45, 7) is 3.47. The van der Waals surface area contributed by atoms with Gasteiger partial charge < -0.3 is 15.1 Å². The second kappa shape index (κ2) is 8.49. The Hall–Kier alpha value is -1.59. The number of likely N-dealkylation sites (tertiary alicyclic amines) is 1. The standard InChI is InChI=1S/C18H25N3O2.ClH/c1-19-13-14-8-11-20(12-9-14)18(23)15-4-6-16(7-5-15)21-10-2-3-17(21)22;/h4-7,14,19H,2-3,8-13H2,1H3;1H. The van der Waals surface area contributed by atoms with Crippen LogP contribution < -0.4 is 10.2 Å². The van der Waals surface area contributed by atoms with Gasteiger partial charge in [0.2, 0.25) is 5.91 Å². The zero-order chi connectivity index (χ0) is 16.2. The Balaban J connectivity index is 0.00000208. The molecule has 0 aromatic heterocycles. The van der Waals surface area contributed by atoms with Crippen molar-refractivity contribution in [3.05, 3.63) is 29.8 Å². The quantitative estimate of drug-likeness (QED) is 0.905. The lowest BCUT2D eigenvalue weighted by atomic mass is 9.96. The molecule has 0 radical (unpaired) electrons. The highest BCUT2D eigenvalue weighted by molar-refractivity contribution is 5.97. The number of carbonyl (C=O) groups excluding carboxylic acids is 2. The lowest BCUT2D eigenvalue weighted by Gasteiger charge is -2.32. The Morgan fingerprint density at radius 1 is 1.17 bits per heavy atom. The highest BCUT2D eigenvalue weighted by Crippen LogP contribution is 2.23. The second-order valence-electron chi connectivity index (χ2n) is 6.49. The van der Waals surface area contributed by atoms with Gasteiger partial charge in [-0.2, -0.15) is 0 Å². The molecule has 0 bridgehead atoms. The van der Waals surface area contributed by atoms with Gasteiger partial charge in [0.15, 0.2) is 0 Å². The van der Waals surface area contributed by atoms with Crippen LogP contribution in [0.25, 0.3) is 0 Å². The molecule has 132 valence electrons. The van der Waals surface area contributed by atoms with E-state index in [1.165, 1.54) is 0 Å². The largest absolute Gasteiger partial charge is 0.339 e. The van der Waals surface area contributed by atoms with Gasteiger partial charge in [0.1, 0.15) is 0 Å². The minimum Gasteiger partial charge on any atom is -0.339 e. The molecule has 24 heavy (non-hydrogen) atoms. The number of benzene rings is 1. The van der Waals surface area contributed by atoms with Crippen LogP contribution in [0.15, 0.2) is 24.3 Å². The molecule has 3 rings (SSSR count). The van der Waals surface area contributed by atoms with Crippen LogP contribution in [0, 0.1) is 5.92 Å². The fourth-order valence-electron chi connectivity index (χ4n) is 3.52. The molecule has 0 atom stereocenters. The van der Waals surface area contributed by atoms with Gasteiger partial charge >= 0.3 is 0 Å². The molecule has 1 N–H and O–H groups in total. The number of carbonyl (C=O) groups is 2. The zero-order valence-corrected chi connectivity index (χ0v) is 15.0. The van der Waals surface area contributed by atoms with E-state index in [-0.39, 0.29) is 24.2 Å². The summed E-state index contributed by atoms with van der Waals surface area (Å²) >= 11 is 0. The molecule has 0 unspecified atom stereocenters. The van der Waals surface area contributed by atoms with Gasteiger partial charge in [0.25, 0.3) is 5.91 Å². The number of hydrogen-bond donors (Lipinski definition) is 1. The summed E-state index contributed by atoms with van der Waals surface area (Å²) in [5.41, 5.74) is 1.62. The Morgan fingerprint density at radius 3 is 2.38 bits per heavy atom. The molecule has 2 amide bonds. The van der Waals surface area contributed by atoms with Crippen molar-refractivity contribution in [1.82, 2.24) is 10.2 Å². The van der Waals surface area contributed by atoms with Gasteiger partial charge in [-0.25, -0.2) is 0 Å². The molecule has 6 heteroatoms. The van der Waals surface area contributed by atoms with Crippen LogP contribution in [-0.2, 0) is 4.79 Å². The predicted molar refractivity (Wildman–Crippen MR) is 97.8 cm³/mol. The van der Waals surface area contributed by atoms with Crippen molar-refractivity contribution in [2.24, 2.45) is 5.92 Å². The van der Waals surface area contributed by atoms with Crippen LogP contribution in [0.5, 0.6) is 0 Å². The third-order valence-corrected chi connectivity index (χ3v) is 4.89. The molecule has 5 nitrogen and oxygen atoms in total. The summed E-state index contributed by atoms with van der Waals surface area (Å²) < 4.78 is 0.